The summed E-state index contributed by atoms with van der Waals surface area (Å²) in [5, 5.41) is 3.26. The van der Waals surface area contributed by atoms with E-state index in [0.29, 0.717) is 5.95 Å². The van der Waals surface area contributed by atoms with Gasteiger partial charge in [-0.05, 0) is 30.5 Å². The number of ether oxygens (including phenoxy) is 1. The maximum atomic E-state index is 13.3. The van der Waals surface area contributed by atoms with Crippen molar-refractivity contribution in [2.24, 2.45) is 0 Å². The fraction of sp³-hybridized carbons (Fsp3) is 0.524. The van der Waals surface area contributed by atoms with Gasteiger partial charge in [-0.3, -0.25) is 9.80 Å². The molecule has 0 spiro atoms. The zero-order valence-corrected chi connectivity index (χ0v) is 16.2. The van der Waals surface area contributed by atoms with Crippen LogP contribution in [0.2, 0.25) is 0 Å². The lowest BCUT2D eigenvalue weighted by Crippen LogP contribution is -2.45. The van der Waals surface area contributed by atoms with E-state index < -0.39 is 0 Å². The molecule has 4 rings (SSSR count). The molecular formula is C21H28FN5O. The third-order valence-corrected chi connectivity index (χ3v) is 5.38. The summed E-state index contributed by atoms with van der Waals surface area (Å²) in [6, 6.07) is 6.88. The molecule has 2 saturated heterocycles. The van der Waals surface area contributed by atoms with Crippen LogP contribution in [-0.4, -0.2) is 65.2 Å². The molecule has 1 N–H and O–H groups in total. The topological polar surface area (TPSA) is 53.5 Å². The molecule has 0 bridgehead atoms. The van der Waals surface area contributed by atoms with Gasteiger partial charge in [0.2, 0.25) is 5.95 Å². The van der Waals surface area contributed by atoms with Gasteiger partial charge in [-0.15, -0.1) is 0 Å². The molecule has 1 aromatic carbocycles. The lowest BCUT2D eigenvalue weighted by molar-refractivity contribution is 0.120. The van der Waals surface area contributed by atoms with Crippen molar-refractivity contribution in [1.82, 2.24) is 19.8 Å². The largest absolute Gasteiger partial charge is 0.376 e. The van der Waals surface area contributed by atoms with Gasteiger partial charge >= 0.3 is 0 Å². The maximum absolute atomic E-state index is 13.3. The predicted molar refractivity (Wildman–Crippen MR) is 106 cm³/mol. The summed E-state index contributed by atoms with van der Waals surface area (Å²) < 4.78 is 18.9. The smallest absolute Gasteiger partial charge is 0.222 e. The molecule has 28 heavy (non-hydrogen) atoms. The molecule has 0 amide bonds. The first-order valence-electron chi connectivity index (χ1n) is 10.1. The van der Waals surface area contributed by atoms with Crippen LogP contribution >= 0.6 is 0 Å². The molecule has 7 heteroatoms. The minimum Gasteiger partial charge on any atom is -0.376 e. The molecule has 1 atom stereocenters. The molecule has 6 nitrogen and oxygen atoms in total. The molecule has 2 aliphatic rings. The Balaban J connectivity index is 1.20. The third-order valence-electron chi connectivity index (χ3n) is 5.38. The first kappa shape index (κ1) is 19.2. The van der Waals surface area contributed by atoms with Gasteiger partial charge in [0.25, 0.3) is 0 Å². The first-order chi connectivity index (χ1) is 13.7. The Morgan fingerprint density at radius 1 is 1.04 bits per heavy atom. The summed E-state index contributed by atoms with van der Waals surface area (Å²) in [6.45, 7) is 7.26. The van der Waals surface area contributed by atoms with Crippen molar-refractivity contribution >= 4 is 5.95 Å². The van der Waals surface area contributed by atoms with Gasteiger partial charge in [0.1, 0.15) is 5.82 Å². The monoisotopic (exact) mass is 385 g/mol. The van der Waals surface area contributed by atoms with Gasteiger partial charge in [0.15, 0.2) is 0 Å². The number of hydrogen-bond donors (Lipinski definition) is 1. The molecule has 3 heterocycles. The van der Waals surface area contributed by atoms with E-state index in [2.05, 4.69) is 25.1 Å². The second kappa shape index (κ2) is 9.41. The Morgan fingerprint density at radius 3 is 2.39 bits per heavy atom. The van der Waals surface area contributed by atoms with Crippen molar-refractivity contribution in [3.8, 4) is 0 Å². The third kappa shape index (κ3) is 5.47. The first-order valence-corrected chi connectivity index (χ1v) is 10.1. The number of halogens is 1. The Kier molecular flexibility index (Phi) is 6.46. The lowest BCUT2D eigenvalue weighted by atomic mass is 10.2. The summed E-state index contributed by atoms with van der Waals surface area (Å²) >= 11 is 0. The minimum absolute atomic E-state index is 0.162. The van der Waals surface area contributed by atoms with Crippen molar-refractivity contribution < 1.29 is 9.13 Å². The minimum atomic E-state index is -0.162. The zero-order valence-electron chi connectivity index (χ0n) is 16.2. The molecule has 2 aliphatic heterocycles. The predicted octanol–water partition coefficient (Wildman–Crippen LogP) is 2.52. The molecule has 1 aromatic heterocycles. The normalized spacial score (nSPS) is 21.1. The summed E-state index contributed by atoms with van der Waals surface area (Å²) in [5.74, 6) is 0.504. The summed E-state index contributed by atoms with van der Waals surface area (Å²) in [4.78, 5) is 13.7. The summed E-state index contributed by atoms with van der Waals surface area (Å²) in [5.41, 5.74) is 2.16. The van der Waals surface area contributed by atoms with Crippen molar-refractivity contribution in [1.29, 1.82) is 0 Å². The fourth-order valence-corrected chi connectivity index (χ4v) is 3.80. The molecule has 150 valence electrons. The number of hydrogen-bond acceptors (Lipinski definition) is 6. The molecule has 2 aromatic rings. The highest BCUT2D eigenvalue weighted by Gasteiger charge is 2.18. The Bertz CT molecular complexity index is 743. The zero-order chi connectivity index (χ0) is 19.2. The van der Waals surface area contributed by atoms with E-state index in [1.54, 1.807) is 12.1 Å². The van der Waals surface area contributed by atoms with Gasteiger partial charge in [-0.1, -0.05) is 12.1 Å². The van der Waals surface area contributed by atoms with Gasteiger partial charge in [0.05, 0.1) is 6.10 Å². The summed E-state index contributed by atoms with van der Waals surface area (Å²) in [7, 11) is 0. The maximum Gasteiger partial charge on any atom is 0.222 e. The van der Waals surface area contributed by atoms with Gasteiger partial charge in [0, 0.05) is 70.4 Å². The lowest BCUT2D eigenvalue weighted by Gasteiger charge is -2.34. The van der Waals surface area contributed by atoms with Crippen LogP contribution < -0.4 is 5.32 Å². The van der Waals surface area contributed by atoms with E-state index in [1.165, 1.54) is 6.07 Å². The quantitative estimate of drug-likeness (QED) is 0.791. The van der Waals surface area contributed by atoms with Gasteiger partial charge < -0.3 is 10.1 Å². The highest BCUT2D eigenvalue weighted by Crippen LogP contribution is 2.14. The van der Waals surface area contributed by atoms with Gasteiger partial charge in [-0.25, -0.2) is 14.4 Å². The second-order valence-electron chi connectivity index (χ2n) is 7.61. The highest BCUT2D eigenvalue weighted by atomic mass is 19.1. The van der Waals surface area contributed by atoms with Crippen LogP contribution in [0.3, 0.4) is 0 Å². The number of anilines is 1. The van der Waals surface area contributed by atoms with E-state index in [4.69, 9.17) is 4.74 Å². The van der Waals surface area contributed by atoms with Crippen LogP contribution in [-0.2, 0) is 17.8 Å². The standard InChI is InChI=1S/C21H28FN5O/c22-19-4-1-3-17(11-19)15-26-6-8-27(9-7-26)16-18-12-23-21(24-13-18)25-14-20-5-2-10-28-20/h1,3-4,11-13,20H,2,5-10,14-16H2,(H,23,24,25)/t20-/m0/s1. The van der Waals surface area contributed by atoms with Crippen LogP contribution in [0.15, 0.2) is 36.7 Å². The van der Waals surface area contributed by atoms with Crippen LogP contribution in [0, 0.1) is 5.82 Å². The Morgan fingerprint density at radius 2 is 1.75 bits per heavy atom. The number of aromatic nitrogens is 2. The average Bonchev–Trinajstić information content (AvgIpc) is 3.23. The van der Waals surface area contributed by atoms with Gasteiger partial charge in [-0.2, -0.15) is 0 Å². The molecule has 0 unspecified atom stereocenters. The molecule has 0 aliphatic carbocycles. The number of nitrogens with zero attached hydrogens (tertiary/aromatic N) is 4. The second-order valence-corrected chi connectivity index (χ2v) is 7.61. The highest BCUT2D eigenvalue weighted by molar-refractivity contribution is 5.25. The molecular weight excluding hydrogens is 357 g/mol. The summed E-state index contributed by atoms with van der Waals surface area (Å²) in [6.07, 6.45) is 6.35. The number of piperazine rings is 1. The van der Waals surface area contributed by atoms with Crippen LogP contribution in [0.1, 0.15) is 24.0 Å². The van der Waals surface area contributed by atoms with E-state index in [1.807, 2.05) is 18.5 Å². The number of rotatable bonds is 7. The van der Waals surface area contributed by atoms with E-state index in [-0.39, 0.29) is 11.9 Å². The Labute approximate surface area is 165 Å². The van der Waals surface area contributed by atoms with E-state index in [0.717, 1.165) is 76.4 Å². The fourth-order valence-electron chi connectivity index (χ4n) is 3.80. The van der Waals surface area contributed by atoms with Crippen molar-refractivity contribution in [2.45, 2.75) is 32.0 Å². The number of benzene rings is 1. The van der Waals surface area contributed by atoms with Crippen LogP contribution in [0.5, 0.6) is 0 Å². The molecule has 0 radical (unpaired) electrons. The van der Waals surface area contributed by atoms with Crippen LogP contribution in [0.4, 0.5) is 10.3 Å². The molecule has 0 saturated carbocycles. The number of nitrogens with one attached hydrogen (secondary N) is 1. The van der Waals surface area contributed by atoms with E-state index >= 15 is 0 Å². The SMILES string of the molecule is Fc1cccc(CN2CCN(Cc3cnc(NC[C@@H]4CCCO4)nc3)CC2)c1. The van der Waals surface area contributed by atoms with Crippen molar-refractivity contribution in [3.05, 3.63) is 53.6 Å². The van der Waals surface area contributed by atoms with Crippen LogP contribution in [0.25, 0.3) is 0 Å². The van der Waals surface area contributed by atoms with Crippen molar-refractivity contribution in [2.75, 3.05) is 44.6 Å². The molecule has 2 fully saturated rings. The average molecular weight is 385 g/mol. The van der Waals surface area contributed by atoms with Crippen molar-refractivity contribution in [3.63, 3.8) is 0 Å². The van der Waals surface area contributed by atoms with E-state index in [9.17, 15) is 4.39 Å². The Hall–Kier alpha value is -2.09.